The number of aromatic nitrogens is 2. The molecule has 1 aromatic carbocycles. The highest BCUT2D eigenvalue weighted by Gasteiger charge is 2.22. The highest BCUT2D eigenvalue weighted by atomic mass is 16.2. The van der Waals surface area contributed by atoms with Gasteiger partial charge in [-0.15, -0.1) is 0 Å². The molecule has 0 saturated carbocycles. The Bertz CT molecular complexity index is 600. The van der Waals surface area contributed by atoms with Gasteiger partial charge in [0.1, 0.15) is 0 Å². The van der Waals surface area contributed by atoms with Gasteiger partial charge in [-0.1, -0.05) is 30.3 Å². The van der Waals surface area contributed by atoms with Crippen molar-refractivity contribution in [1.82, 2.24) is 19.6 Å². The van der Waals surface area contributed by atoms with E-state index in [2.05, 4.69) is 34.3 Å². The van der Waals surface area contributed by atoms with Crippen molar-refractivity contribution in [2.45, 2.75) is 6.54 Å². The van der Waals surface area contributed by atoms with Gasteiger partial charge in [-0.05, 0) is 5.56 Å². The first kappa shape index (κ1) is 13.8. The molecule has 21 heavy (non-hydrogen) atoms. The van der Waals surface area contributed by atoms with Gasteiger partial charge in [0.05, 0.1) is 11.8 Å². The molecule has 1 aliphatic heterocycles. The highest BCUT2D eigenvalue weighted by Crippen LogP contribution is 2.11. The molecule has 1 aliphatic rings. The molecular weight excluding hydrogens is 264 g/mol. The molecule has 2 heterocycles. The van der Waals surface area contributed by atoms with E-state index < -0.39 is 0 Å². The lowest BCUT2D eigenvalue weighted by atomic mass is 10.2. The summed E-state index contributed by atoms with van der Waals surface area (Å²) in [5.41, 5.74) is 2.00. The summed E-state index contributed by atoms with van der Waals surface area (Å²) in [6.07, 6.45) is 3.41. The zero-order valence-corrected chi connectivity index (χ0v) is 12.3. The maximum Gasteiger partial charge on any atom is 0.257 e. The summed E-state index contributed by atoms with van der Waals surface area (Å²) in [6.45, 7) is 4.35. The Kier molecular flexibility index (Phi) is 4.01. The Hall–Kier alpha value is -2.14. The van der Waals surface area contributed by atoms with Gasteiger partial charge in [0.15, 0.2) is 0 Å². The molecule has 3 rings (SSSR count). The van der Waals surface area contributed by atoms with E-state index in [0.717, 1.165) is 32.7 Å². The van der Waals surface area contributed by atoms with Crippen LogP contribution >= 0.6 is 0 Å². The summed E-state index contributed by atoms with van der Waals surface area (Å²) in [5, 5.41) is 4.06. The second kappa shape index (κ2) is 6.10. The van der Waals surface area contributed by atoms with Gasteiger partial charge in [-0.3, -0.25) is 14.4 Å². The third kappa shape index (κ3) is 3.31. The minimum absolute atomic E-state index is 0.0856. The fraction of sp³-hybridized carbons (Fsp3) is 0.375. The molecule has 0 aliphatic carbocycles. The summed E-state index contributed by atoms with van der Waals surface area (Å²) >= 11 is 0. The van der Waals surface area contributed by atoms with Crippen LogP contribution in [0.25, 0.3) is 0 Å². The van der Waals surface area contributed by atoms with Crippen LogP contribution in [0, 0.1) is 0 Å². The average molecular weight is 284 g/mol. The van der Waals surface area contributed by atoms with Crippen molar-refractivity contribution in [3.05, 3.63) is 53.9 Å². The number of piperazine rings is 1. The first-order chi connectivity index (χ1) is 10.2. The lowest BCUT2D eigenvalue weighted by Crippen LogP contribution is -2.48. The van der Waals surface area contributed by atoms with Crippen LogP contribution in [-0.4, -0.2) is 51.7 Å². The predicted molar refractivity (Wildman–Crippen MR) is 80.8 cm³/mol. The maximum absolute atomic E-state index is 12.3. The van der Waals surface area contributed by atoms with Gasteiger partial charge in [-0.25, -0.2) is 0 Å². The monoisotopic (exact) mass is 284 g/mol. The number of hydrogen-bond donors (Lipinski definition) is 0. The fourth-order valence-corrected chi connectivity index (χ4v) is 2.66. The standard InChI is InChI=1S/C16H20N4O/c1-18-13-15(11-17-18)16(21)20-9-7-19(8-10-20)12-14-5-3-2-4-6-14/h2-6,11,13H,7-10,12H2,1H3. The highest BCUT2D eigenvalue weighted by molar-refractivity contribution is 5.93. The number of rotatable bonds is 3. The Morgan fingerprint density at radius 2 is 1.86 bits per heavy atom. The van der Waals surface area contributed by atoms with Crippen LogP contribution in [0.15, 0.2) is 42.7 Å². The van der Waals surface area contributed by atoms with Crippen molar-refractivity contribution in [2.24, 2.45) is 7.05 Å². The molecule has 0 bridgehead atoms. The van der Waals surface area contributed by atoms with E-state index in [1.165, 1.54) is 5.56 Å². The predicted octanol–water partition coefficient (Wildman–Crippen LogP) is 1.38. The van der Waals surface area contributed by atoms with Crippen molar-refractivity contribution >= 4 is 5.91 Å². The maximum atomic E-state index is 12.3. The molecule has 5 nitrogen and oxygen atoms in total. The molecule has 0 radical (unpaired) electrons. The lowest BCUT2D eigenvalue weighted by Gasteiger charge is -2.34. The van der Waals surface area contributed by atoms with Crippen molar-refractivity contribution in [2.75, 3.05) is 26.2 Å². The van der Waals surface area contributed by atoms with Crippen LogP contribution in [0.5, 0.6) is 0 Å². The number of hydrogen-bond acceptors (Lipinski definition) is 3. The molecule has 0 spiro atoms. The SMILES string of the molecule is Cn1cc(C(=O)N2CCN(Cc3ccccc3)CC2)cn1. The van der Waals surface area contributed by atoms with Gasteiger partial charge >= 0.3 is 0 Å². The van der Waals surface area contributed by atoms with Crippen molar-refractivity contribution in [3.63, 3.8) is 0 Å². The number of carbonyl (C=O) groups is 1. The Morgan fingerprint density at radius 1 is 1.14 bits per heavy atom. The molecule has 0 unspecified atom stereocenters. The van der Waals surface area contributed by atoms with Gasteiger partial charge in [0, 0.05) is 46.0 Å². The molecule has 2 aromatic rings. The Labute approximate surface area is 124 Å². The van der Waals surface area contributed by atoms with Crippen LogP contribution < -0.4 is 0 Å². The van der Waals surface area contributed by atoms with Crippen LogP contribution in [-0.2, 0) is 13.6 Å². The van der Waals surface area contributed by atoms with E-state index in [1.807, 2.05) is 18.0 Å². The van der Waals surface area contributed by atoms with Crippen LogP contribution in [0.3, 0.4) is 0 Å². The fourth-order valence-electron chi connectivity index (χ4n) is 2.66. The summed E-state index contributed by atoms with van der Waals surface area (Å²) in [5.74, 6) is 0.0856. The van der Waals surface area contributed by atoms with Gasteiger partial charge in [0.2, 0.25) is 0 Å². The minimum Gasteiger partial charge on any atom is -0.336 e. The molecule has 1 amide bonds. The average Bonchev–Trinajstić information content (AvgIpc) is 2.95. The summed E-state index contributed by atoms with van der Waals surface area (Å²) in [7, 11) is 1.83. The third-order valence-electron chi connectivity index (χ3n) is 3.86. The van der Waals surface area contributed by atoms with Crippen molar-refractivity contribution in [1.29, 1.82) is 0 Å². The quantitative estimate of drug-likeness (QED) is 0.855. The zero-order valence-electron chi connectivity index (χ0n) is 12.3. The number of carbonyl (C=O) groups excluding carboxylic acids is 1. The van der Waals surface area contributed by atoms with Crippen molar-refractivity contribution < 1.29 is 4.79 Å². The molecule has 1 aromatic heterocycles. The van der Waals surface area contributed by atoms with E-state index in [-0.39, 0.29) is 5.91 Å². The summed E-state index contributed by atoms with van der Waals surface area (Å²) in [4.78, 5) is 16.6. The molecule has 1 fully saturated rings. The molecule has 5 heteroatoms. The molecular formula is C16H20N4O. The number of aryl methyl sites for hydroxylation is 1. The van der Waals surface area contributed by atoms with Crippen molar-refractivity contribution in [3.8, 4) is 0 Å². The molecule has 0 N–H and O–H groups in total. The largest absolute Gasteiger partial charge is 0.336 e. The van der Waals surface area contributed by atoms with Gasteiger partial charge in [0.25, 0.3) is 5.91 Å². The number of nitrogens with zero attached hydrogens (tertiary/aromatic N) is 4. The van der Waals surface area contributed by atoms with Crippen LogP contribution in [0.2, 0.25) is 0 Å². The van der Waals surface area contributed by atoms with E-state index in [4.69, 9.17) is 0 Å². The van der Waals surface area contributed by atoms with Crippen LogP contribution in [0.1, 0.15) is 15.9 Å². The first-order valence-electron chi connectivity index (χ1n) is 7.26. The second-order valence-electron chi connectivity index (χ2n) is 5.46. The normalized spacial score (nSPS) is 16.1. The minimum atomic E-state index is 0.0856. The smallest absolute Gasteiger partial charge is 0.257 e. The van der Waals surface area contributed by atoms with E-state index in [9.17, 15) is 4.79 Å². The summed E-state index contributed by atoms with van der Waals surface area (Å²) < 4.78 is 1.67. The molecule has 1 saturated heterocycles. The molecule has 0 atom stereocenters. The van der Waals surface area contributed by atoms with Crippen LogP contribution in [0.4, 0.5) is 0 Å². The van der Waals surface area contributed by atoms with E-state index >= 15 is 0 Å². The first-order valence-corrected chi connectivity index (χ1v) is 7.26. The molecule has 110 valence electrons. The Balaban J connectivity index is 1.54. The lowest BCUT2D eigenvalue weighted by molar-refractivity contribution is 0.0628. The van der Waals surface area contributed by atoms with Gasteiger partial charge < -0.3 is 4.90 Å². The van der Waals surface area contributed by atoms with Gasteiger partial charge in [-0.2, -0.15) is 5.10 Å². The number of benzene rings is 1. The Morgan fingerprint density at radius 3 is 2.48 bits per heavy atom. The van der Waals surface area contributed by atoms with E-state index in [1.54, 1.807) is 17.1 Å². The zero-order chi connectivity index (χ0) is 14.7. The summed E-state index contributed by atoms with van der Waals surface area (Å²) in [6, 6.07) is 10.5. The second-order valence-corrected chi connectivity index (χ2v) is 5.46. The number of amides is 1. The van der Waals surface area contributed by atoms with E-state index in [0.29, 0.717) is 5.56 Å². The third-order valence-corrected chi connectivity index (χ3v) is 3.86. The topological polar surface area (TPSA) is 41.4 Å².